The summed E-state index contributed by atoms with van der Waals surface area (Å²) in [5, 5.41) is 9.34. The van der Waals surface area contributed by atoms with Crippen molar-refractivity contribution in [2.75, 3.05) is 26.3 Å². The summed E-state index contributed by atoms with van der Waals surface area (Å²) in [4.78, 5) is 14.0. The van der Waals surface area contributed by atoms with Crippen molar-refractivity contribution in [3.05, 3.63) is 24.3 Å². The minimum atomic E-state index is -0.292. The Morgan fingerprint density at radius 2 is 2.00 bits per heavy atom. The molecule has 0 spiro atoms. The third-order valence-corrected chi connectivity index (χ3v) is 3.66. The first-order valence-electron chi connectivity index (χ1n) is 7.51. The van der Waals surface area contributed by atoms with Crippen LogP contribution in [0.4, 0.5) is 0 Å². The van der Waals surface area contributed by atoms with E-state index in [4.69, 9.17) is 9.47 Å². The van der Waals surface area contributed by atoms with Gasteiger partial charge in [-0.2, -0.15) is 0 Å². The normalized spacial score (nSPS) is 19.2. The summed E-state index contributed by atoms with van der Waals surface area (Å²) in [6.07, 6.45) is 3.11. The third-order valence-electron chi connectivity index (χ3n) is 3.66. The van der Waals surface area contributed by atoms with Gasteiger partial charge in [0, 0.05) is 6.04 Å². The van der Waals surface area contributed by atoms with Gasteiger partial charge < -0.3 is 14.6 Å². The number of hydrogen-bond acceptors (Lipinski definition) is 5. The summed E-state index contributed by atoms with van der Waals surface area (Å²) in [6.45, 7) is 3.68. The fourth-order valence-electron chi connectivity index (χ4n) is 2.58. The van der Waals surface area contributed by atoms with E-state index in [1.165, 1.54) is 0 Å². The lowest BCUT2D eigenvalue weighted by atomic mass is 10.0. The van der Waals surface area contributed by atoms with Gasteiger partial charge in [-0.15, -0.1) is 0 Å². The predicted molar refractivity (Wildman–Crippen MR) is 79.5 cm³/mol. The Morgan fingerprint density at radius 1 is 1.29 bits per heavy atom. The van der Waals surface area contributed by atoms with Gasteiger partial charge in [-0.1, -0.05) is 6.42 Å². The molecule has 0 radical (unpaired) electrons. The molecule has 1 aliphatic rings. The van der Waals surface area contributed by atoms with Crippen LogP contribution in [0.5, 0.6) is 11.5 Å². The van der Waals surface area contributed by atoms with Crippen LogP contribution in [0.15, 0.2) is 24.3 Å². The molecule has 2 rings (SSSR count). The third kappa shape index (κ3) is 4.72. The van der Waals surface area contributed by atoms with E-state index in [0.29, 0.717) is 12.4 Å². The quantitative estimate of drug-likeness (QED) is 0.640. The average Bonchev–Trinajstić information content (AvgIpc) is 2.50. The summed E-state index contributed by atoms with van der Waals surface area (Å²) in [5.74, 6) is 0.981. The molecule has 1 heterocycles. The fourth-order valence-corrected chi connectivity index (χ4v) is 2.58. The van der Waals surface area contributed by atoms with Gasteiger partial charge in [-0.3, -0.25) is 9.69 Å². The number of aliphatic hydroxyl groups is 1. The smallest absolute Gasteiger partial charge is 0.325 e. The number of benzene rings is 1. The van der Waals surface area contributed by atoms with Crippen molar-refractivity contribution in [3.8, 4) is 11.5 Å². The van der Waals surface area contributed by atoms with Crippen LogP contribution >= 0.6 is 0 Å². The molecule has 0 bridgehead atoms. The minimum Gasteiger partial charge on any atom is -0.494 e. The van der Waals surface area contributed by atoms with Crippen LogP contribution in [0.2, 0.25) is 0 Å². The minimum absolute atomic E-state index is 0.0756. The van der Waals surface area contributed by atoms with Crippen LogP contribution < -0.4 is 9.47 Å². The molecule has 1 atom stereocenters. The predicted octanol–water partition coefficient (Wildman–Crippen LogP) is 1.84. The summed E-state index contributed by atoms with van der Waals surface area (Å²) in [6, 6.07) is 7.09. The first-order chi connectivity index (χ1) is 10.2. The maximum absolute atomic E-state index is 12.0. The topological polar surface area (TPSA) is 59.0 Å². The van der Waals surface area contributed by atoms with E-state index >= 15 is 0 Å². The van der Waals surface area contributed by atoms with Crippen molar-refractivity contribution < 1.29 is 19.4 Å². The highest BCUT2D eigenvalue weighted by Gasteiger charge is 2.24. The Balaban J connectivity index is 1.85. The number of ether oxygens (including phenoxy) is 2. The summed E-state index contributed by atoms with van der Waals surface area (Å²) >= 11 is 0. The second-order valence-electron chi connectivity index (χ2n) is 5.18. The first kappa shape index (κ1) is 15.8. The second kappa shape index (κ2) is 8.00. The molecule has 1 fully saturated rings. The Kier molecular flexibility index (Phi) is 6.02. The van der Waals surface area contributed by atoms with Crippen LogP contribution in [-0.2, 0) is 4.79 Å². The molecule has 0 saturated carbocycles. The van der Waals surface area contributed by atoms with Crippen molar-refractivity contribution in [1.29, 1.82) is 0 Å². The standard InChI is InChI=1S/C16H23NO4/c1-2-20-14-6-8-15(9-7-14)21-16(19)11-17-10-4-3-5-13(17)12-18/h6-9,13,18H,2-5,10-12H2,1H3. The lowest BCUT2D eigenvalue weighted by Crippen LogP contribution is -2.45. The molecule has 1 unspecified atom stereocenters. The van der Waals surface area contributed by atoms with Crippen LogP contribution in [0.1, 0.15) is 26.2 Å². The van der Waals surface area contributed by atoms with E-state index in [1.54, 1.807) is 24.3 Å². The van der Waals surface area contributed by atoms with Gasteiger partial charge in [-0.05, 0) is 50.6 Å². The Morgan fingerprint density at radius 3 is 2.67 bits per heavy atom. The van der Waals surface area contributed by atoms with Crippen molar-refractivity contribution in [2.24, 2.45) is 0 Å². The first-order valence-corrected chi connectivity index (χ1v) is 7.51. The molecular formula is C16H23NO4. The molecule has 21 heavy (non-hydrogen) atoms. The van der Waals surface area contributed by atoms with Crippen molar-refractivity contribution in [3.63, 3.8) is 0 Å². The van der Waals surface area contributed by atoms with E-state index in [-0.39, 0.29) is 25.2 Å². The van der Waals surface area contributed by atoms with E-state index in [2.05, 4.69) is 0 Å². The maximum atomic E-state index is 12.0. The van der Waals surface area contributed by atoms with E-state index in [9.17, 15) is 9.90 Å². The van der Waals surface area contributed by atoms with Gasteiger partial charge in [0.1, 0.15) is 11.5 Å². The number of aliphatic hydroxyl groups excluding tert-OH is 1. The van der Waals surface area contributed by atoms with Crippen LogP contribution in [0.25, 0.3) is 0 Å². The number of likely N-dealkylation sites (tertiary alicyclic amines) is 1. The lowest BCUT2D eigenvalue weighted by molar-refractivity contribution is -0.136. The second-order valence-corrected chi connectivity index (χ2v) is 5.18. The van der Waals surface area contributed by atoms with Gasteiger partial charge in [0.15, 0.2) is 0 Å². The Bertz CT molecular complexity index is 446. The number of nitrogens with zero attached hydrogens (tertiary/aromatic N) is 1. The highest BCUT2D eigenvalue weighted by Crippen LogP contribution is 2.19. The van der Waals surface area contributed by atoms with Crippen molar-refractivity contribution >= 4 is 5.97 Å². The lowest BCUT2D eigenvalue weighted by Gasteiger charge is -2.33. The molecule has 1 N–H and O–H groups in total. The zero-order valence-electron chi connectivity index (χ0n) is 12.5. The monoisotopic (exact) mass is 293 g/mol. The van der Waals surface area contributed by atoms with E-state index in [1.807, 2.05) is 11.8 Å². The van der Waals surface area contributed by atoms with Crippen LogP contribution in [0.3, 0.4) is 0 Å². The number of rotatable bonds is 6. The molecule has 1 aromatic rings. The molecule has 0 aliphatic carbocycles. The number of piperidine rings is 1. The molecule has 5 heteroatoms. The zero-order valence-corrected chi connectivity index (χ0v) is 12.5. The van der Waals surface area contributed by atoms with Gasteiger partial charge >= 0.3 is 5.97 Å². The van der Waals surface area contributed by atoms with Gasteiger partial charge in [0.2, 0.25) is 0 Å². The average molecular weight is 293 g/mol. The Hall–Kier alpha value is -1.59. The zero-order chi connectivity index (χ0) is 15.1. The van der Waals surface area contributed by atoms with Gasteiger partial charge in [0.05, 0.1) is 19.8 Å². The molecule has 0 aromatic heterocycles. The number of esters is 1. The SMILES string of the molecule is CCOc1ccc(OC(=O)CN2CCCCC2CO)cc1. The number of carbonyl (C=O) groups excluding carboxylic acids is 1. The van der Waals surface area contributed by atoms with Gasteiger partial charge in [0.25, 0.3) is 0 Å². The molecular weight excluding hydrogens is 270 g/mol. The summed E-state index contributed by atoms with van der Waals surface area (Å²) < 4.78 is 10.7. The largest absolute Gasteiger partial charge is 0.494 e. The molecule has 1 saturated heterocycles. The highest BCUT2D eigenvalue weighted by molar-refractivity contribution is 5.74. The number of hydrogen-bond donors (Lipinski definition) is 1. The van der Waals surface area contributed by atoms with E-state index in [0.717, 1.165) is 31.6 Å². The Labute approximate surface area is 125 Å². The van der Waals surface area contributed by atoms with Gasteiger partial charge in [-0.25, -0.2) is 0 Å². The maximum Gasteiger partial charge on any atom is 0.325 e. The number of carbonyl (C=O) groups is 1. The fraction of sp³-hybridized carbons (Fsp3) is 0.562. The van der Waals surface area contributed by atoms with Crippen LogP contribution in [0, 0.1) is 0 Å². The molecule has 5 nitrogen and oxygen atoms in total. The molecule has 0 amide bonds. The van der Waals surface area contributed by atoms with E-state index < -0.39 is 0 Å². The highest BCUT2D eigenvalue weighted by atomic mass is 16.5. The van der Waals surface area contributed by atoms with Crippen molar-refractivity contribution in [2.45, 2.75) is 32.2 Å². The summed E-state index contributed by atoms with van der Waals surface area (Å²) in [7, 11) is 0. The molecule has 1 aromatic carbocycles. The van der Waals surface area contributed by atoms with Crippen molar-refractivity contribution in [1.82, 2.24) is 4.90 Å². The molecule has 116 valence electrons. The summed E-state index contributed by atoms with van der Waals surface area (Å²) in [5.41, 5.74) is 0. The van der Waals surface area contributed by atoms with Crippen LogP contribution in [-0.4, -0.2) is 48.3 Å². The molecule has 1 aliphatic heterocycles.